The van der Waals surface area contributed by atoms with Crippen LogP contribution in [0.4, 0.5) is 0 Å². The zero-order valence-electron chi connectivity index (χ0n) is 14.7. The van der Waals surface area contributed by atoms with Crippen molar-refractivity contribution >= 4 is 0 Å². The molecule has 0 unspecified atom stereocenters. The number of allylic oxidation sites excluding steroid dienone is 11. The first-order chi connectivity index (χ1) is 10.4. The molecule has 0 atom stereocenters. The van der Waals surface area contributed by atoms with Gasteiger partial charge in [-0.05, 0) is 73.7 Å². The Bertz CT molecular complexity index is 586. The van der Waals surface area contributed by atoms with Crippen LogP contribution in [0.1, 0.15) is 59.8 Å². The van der Waals surface area contributed by atoms with Gasteiger partial charge in [-0.2, -0.15) is 0 Å². The smallest absolute Gasteiger partial charge is 0.0104 e. The van der Waals surface area contributed by atoms with E-state index in [-0.39, 0.29) is 0 Å². The Morgan fingerprint density at radius 1 is 1.18 bits per heavy atom. The molecule has 0 aromatic heterocycles. The van der Waals surface area contributed by atoms with Crippen molar-refractivity contribution in [1.29, 1.82) is 0 Å². The normalized spacial score (nSPS) is 25.9. The van der Waals surface area contributed by atoms with E-state index in [1.165, 1.54) is 36.0 Å². The van der Waals surface area contributed by atoms with Crippen molar-refractivity contribution in [2.75, 3.05) is 0 Å². The lowest BCUT2D eigenvalue weighted by molar-refractivity contribution is 0.377. The molecule has 22 heavy (non-hydrogen) atoms. The molecule has 0 amide bonds. The maximum absolute atomic E-state index is 3.77. The fourth-order valence-corrected chi connectivity index (χ4v) is 3.60. The fraction of sp³-hybridized carbons (Fsp3) is 0.455. The van der Waals surface area contributed by atoms with Gasteiger partial charge in [0, 0.05) is 0 Å². The summed E-state index contributed by atoms with van der Waals surface area (Å²) in [5, 5.41) is 0. The highest BCUT2D eigenvalue weighted by Gasteiger charge is 2.26. The molecule has 0 radical (unpaired) electrons. The summed E-state index contributed by atoms with van der Waals surface area (Å²) in [5.74, 6) is 0. The molecular formula is C22H30. The number of hydrogen-bond donors (Lipinski definition) is 0. The molecule has 0 bridgehead atoms. The van der Waals surface area contributed by atoms with Crippen LogP contribution in [-0.4, -0.2) is 0 Å². The second kappa shape index (κ2) is 7.13. The second-order valence-electron chi connectivity index (χ2n) is 7.28. The monoisotopic (exact) mass is 294 g/mol. The molecule has 0 heterocycles. The molecule has 0 N–H and O–H groups in total. The molecule has 2 rings (SSSR count). The minimum atomic E-state index is 0.325. The maximum Gasteiger partial charge on any atom is -0.0104 e. The largest absolute Gasteiger partial charge is 0.0991 e. The summed E-state index contributed by atoms with van der Waals surface area (Å²) >= 11 is 0. The van der Waals surface area contributed by atoms with Crippen molar-refractivity contribution in [3.05, 3.63) is 70.9 Å². The Hall–Kier alpha value is -1.56. The van der Waals surface area contributed by atoms with E-state index < -0.39 is 0 Å². The van der Waals surface area contributed by atoms with E-state index in [1.54, 1.807) is 11.1 Å². The minimum Gasteiger partial charge on any atom is -0.0991 e. The molecule has 0 aliphatic heterocycles. The van der Waals surface area contributed by atoms with Crippen LogP contribution >= 0.6 is 0 Å². The van der Waals surface area contributed by atoms with Gasteiger partial charge in [-0.15, -0.1) is 0 Å². The highest BCUT2D eigenvalue weighted by molar-refractivity contribution is 5.43. The Morgan fingerprint density at radius 3 is 2.55 bits per heavy atom. The summed E-state index contributed by atoms with van der Waals surface area (Å²) in [4.78, 5) is 0. The molecule has 0 aromatic carbocycles. The summed E-state index contributed by atoms with van der Waals surface area (Å²) in [6.07, 6.45) is 19.3. The summed E-state index contributed by atoms with van der Waals surface area (Å²) in [7, 11) is 0. The van der Waals surface area contributed by atoms with Gasteiger partial charge in [-0.3, -0.25) is 0 Å². The van der Waals surface area contributed by atoms with Crippen molar-refractivity contribution in [1.82, 2.24) is 0 Å². The predicted octanol–water partition coefficient (Wildman–Crippen LogP) is 6.85. The van der Waals surface area contributed by atoms with Crippen LogP contribution in [0, 0.1) is 5.41 Å². The molecule has 0 spiro atoms. The van der Waals surface area contributed by atoms with Crippen LogP contribution in [0.25, 0.3) is 0 Å². The van der Waals surface area contributed by atoms with Crippen molar-refractivity contribution in [2.24, 2.45) is 5.41 Å². The van der Waals surface area contributed by atoms with Crippen LogP contribution in [0.15, 0.2) is 70.9 Å². The van der Waals surface area contributed by atoms with Gasteiger partial charge in [0.05, 0.1) is 0 Å². The molecule has 0 fully saturated rings. The van der Waals surface area contributed by atoms with Crippen LogP contribution in [0.5, 0.6) is 0 Å². The number of hydrogen-bond acceptors (Lipinski definition) is 0. The van der Waals surface area contributed by atoms with Gasteiger partial charge in [0.1, 0.15) is 0 Å². The molecule has 0 aromatic rings. The van der Waals surface area contributed by atoms with E-state index in [4.69, 9.17) is 0 Å². The highest BCUT2D eigenvalue weighted by Crippen LogP contribution is 2.41. The lowest BCUT2D eigenvalue weighted by atomic mass is 9.72. The van der Waals surface area contributed by atoms with E-state index in [0.29, 0.717) is 5.41 Å². The zero-order valence-corrected chi connectivity index (χ0v) is 14.7. The molecule has 0 saturated carbocycles. The average molecular weight is 294 g/mol. The highest BCUT2D eigenvalue weighted by atomic mass is 14.3. The van der Waals surface area contributed by atoms with E-state index in [2.05, 4.69) is 64.7 Å². The Labute approximate surface area is 136 Å². The molecule has 0 saturated heterocycles. The first-order valence-corrected chi connectivity index (χ1v) is 8.52. The Kier molecular flexibility index (Phi) is 5.45. The van der Waals surface area contributed by atoms with E-state index in [0.717, 1.165) is 12.8 Å². The van der Waals surface area contributed by atoms with Crippen LogP contribution in [0.2, 0.25) is 0 Å². The first kappa shape index (κ1) is 16.8. The molecule has 118 valence electrons. The van der Waals surface area contributed by atoms with Gasteiger partial charge in [-0.25, -0.2) is 0 Å². The maximum atomic E-state index is 3.77. The van der Waals surface area contributed by atoms with Gasteiger partial charge >= 0.3 is 0 Å². The summed E-state index contributed by atoms with van der Waals surface area (Å²) in [6.45, 7) is 13.1. The Balaban J connectivity index is 2.20. The second-order valence-corrected chi connectivity index (χ2v) is 7.28. The van der Waals surface area contributed by atoms with Crippen molar-refractivity contribution in [2.45, 2.75) is 59.8 Å². The zero-order chi connectivity index (χ0) is 16.2. The van der Waals surface area contributed by atoms with Gasteiger partial charge in [0.25, 0.3) is 0 Å². The lowest BCUT2D eigenvalue weighted by Gasteiger charge is -2.33. The van der Waals surface area contributed by atoms with Crippen molar-refractivity contribution < 1.29 is 0 Å². The molecule has 0 nitrogen and oxygen atoms in total. The minimum absolute atomic E-state index is 0.325. The summed E-state index contributed by atoms with van der Waals surface area (Å²) in [6, 6.07) is 0. The lowest BCUT2D eigenvalue weighted by Crippen LogP contribution is -2.19. The SMILES string of the molecule is C=C/C=C1C=C/C(=C(C)/C=C/C2=C(C)CCCC2(C)C)CC/1. The molecule has 2 aliphatic rings. The number of rotatable bonds is 3. The first-order valence-electron chi connectivity index (χ1n) is 8.52. The predicted molar refractivity (Wildman–Crippen MR) is 98.8 cm³/mol. The van der Waals surface area contributed by atoms with Gasteiger partial charge in [0.15, 0.2) is 0 Å². The van der Waals surface area contributed by atoms with Gasteiger partial charge < -0.3 is 0 Å². The molecule has 2 aliphatic carbocycles. The molecule has 0 heteroatoms. The van der Waals surface area contributed by atoms with Gasteiger partial charge in [-0.1, -0.05) is 62.5 Å². The Morgan fingerprint density at radius 2 is 1.95 bits per heavy atom. The van der Waals surface area contributed by atoms with Crippen molar-refractivity contribution in [3.8, 4) is 0 Å². The van der Waals surface area contributed by atoms with Crippen LogP contribution in [-0.2, 0) is 0 Å². The van der Waals surface area contributed by atoms with E-state index in [9.17, 15) is 0 Å². The standard InChI is InChI=1S/C22H30/c1-6-8-19-11-13-20(14-12-19)17(2)10-15-21-18(3)9-7-16-22(21,4)5/h6,8,10-11,13,15H,1,7,9,12,14,16H2,2-5H3/b15-10+,19-8-,20-17-. The quantitative estimate of drug-likeness (QED) is 0.534. The summed E-state index contributed by atoms with van der Waals surface area (Å²) < 4.78 is 0. The van der Waals surface area contributed by atoms with E-state index >= 15 is 0 Å². The average Bonchev–Trinajstić information content (AvgIpc) is 2.47. The summed E-state index contributed by atoms with van der Waals surface area (Å²) in [5.41, 5.74) is 7.68. The van der Waals surface area contributed by atoms with Crippen LogP contribution in [0.3, 0.4) is 0 Å². The third-order valence-electron chi connectivity index (χ3n) is 5.06. The third-order valence-corrected chi connectivity index (χ3v) is 5.06. The topological polar surface area (TPSA) is 0 Å². The van der Waals surface area contributed by atoms with Crippen molar-refractivity contribution in [3.63, 3.8) is 0 Å². The van der Waals surface area contributed by atoms with Gasteiger partial charge in [0.2, 0.25) is 0 Å². The van der Waals surface area contributed by atoms with Crippen LogP contribution < -0.4 is 0 Å². The third kappa shape index (κ3) is 4.00. The fourth-order valence-electron chi connectivity index (χ4n) is 3.60. The molecular weight excluding hydrogens is 264 g/mol. The van der Waals surface area contributed by atoms with E-state index in [1.807, 2.05) is 6.08 Å².